The van der Waals surface area contributed by atoms with E-state index in [0.717, 1.165) is 49.4 Å². The molecule has 1 saturated heterocycles. The molecule has 1 aliphatic heterocycles. The number of rotatable bonds is 5. The van der Waals surface area contributed by atoms with Gasteiger partial charge >= 0.3 is 5.69 Å². The Bertz CT molecular complexity index is 788. The maximum absolute atomic E-state index is 12.3. The second-order valence-corrected chi connectivity index (χ2v) is 7.00. The lowest BCUT2D eigenvalue weighted by Gasteiger charge is -2.32. The van der Waals surface area contributed by atoms with Gasteiger partial charge in [-0.05, 0) is 50.3 Å². The smallest absolute Gasteiger partial charge is 0.326 e. The third-order valence-corrected chi connectivity index (χ3v) is 5.21. The van der Waals surface area contributed by atoms with Crippen LogP contribution in [0.1, 0.15) is 31.7 Å². The second-order valence-electron chi connectivity index (χ2n) is 7.00. The van der Waals surface area contributed by atoms with Crippen LogP contribution in [0.5, 0.6) is 0 Å². The van der Waals surface area contributed by atoms with E-state index in [9.17, 15) is 9.59 Å². The SMILES string of the molecule is Cl.O=C(CNCC1CC1)N1CCC(n2c(=O)[nH]c3ccccc32)CC1. The Morgan fingerprint density at radius 2 is 1.88 bits per heavy atom. The summed E-state index contributed by atoms with van der Waals surface area (Å²) < 4.78 is 1.86. The number of nitrogens with zero attached hydrogens (tertiary/aromatic N) is 2. The number of para-hydroxylation sites is 2. The molecule has 0 atom stereocenters. The molecule has 0 bridgehead atoms. The molecule has 2 N–H and O–H groups in total. The van der Waals surface area contributed by atoms with Crippen molar-refractivity contribution in [2.75, 3.05) is 26.2 Å². The molecule has 1 saturated carbocycles. The van der Waals surface area contributed by atoms with Gasteiger partial charge in [0.15, 0.2) is 0 Å². The van der Waals surface area contributed by atoms with E-state index in [1.54, 1.807) is 0 Å². The van der Waals surface area contributed by atoms with Crippen molar-refractivity contribution in [1.82, 2.24) is 19.8 Å². The number of fused-ring (bicyclic) bond motifs is 1. The predicted octanol–water partition coefficient (Wildman–Crippen LogP) is 1.91. The summed E-state index contributed by atoms with van der Waals surface area (Å²) in [6.07, 6.45) is 4.25. The Balaban J connectivity index is 0.00000182. The highest BCUT2D eigenvalue weighted by atomic mass is 35.5. The second kappa shape index (κ2) is 7.62. The van der Waals surface area contributed by atoms with Gasteiger partial charge in [0, 0.05) is 19.1 Å². The lowest BCUT2D eigenvalue weighted by molar-refractivity contribution is -0.131. The van der Waals surface area contributed by atoms with Gasteiger partial charge in [-0.25, -0.2) is 4.79 Å². The highest BCUT2D eigenvalue weighted by Gasteiger charge is 2.26. The summed E-state index contributed by atoms with van der Waals surface area (Å²) in [4.78, 5) is 29.4. The van der Waals surface area contributed by atoms with Gasteiger partial charge in [0.2, 0.25) is 5.91 Å². The van der Waals surface area contributed by atoms with Crippen molar-refractivity contribution in [2.24, 2.45) is 5.92 Å². The zero-order chi connectivity index (χ0) is 16.5. The summed E-state index contributed by atoms with van der Waals surface area (Å²) in [7, 11) is 0. The molecule has 7 heteroatoms. The van der Waals surface area contributed by atoms with Crippen LogP contribution in [0, 0.1) is 5.92 Å². The van der Waals surface area contributed by atoms with Crippen molar-refractivity contribution in [1.29, 1.82) is 0 Å². The number of hydrogen-bond donors (Lipinski definition) is 2. The number of halogens is 1. The number of amides is 1. The molecule has 6 nitrogen and oxygen atoms in total. The summed E-state index contributed by atoms with van der Waals surface area (Å²) >= 11 is 0. The van der Waals surface area contributed by atoms with E-state index in [-0.39, 0.29) is 30.0 Å². The lowest BCUT2D eigenvalue weighted by atomic mass is 10.0. The van der Waals surface area contributed by atoms with Crippen molar-refractivity contribution >= 4 is 29.3 Å². The van der Waals surface area contributed by atoms with Crippen LogP contribution in [0.4, 0.5) is 0 Å². The first kappa shape index (κ1) is 18.0. The summed E-state index contributed by atoms with van der Waals surface area (Å²) in [6.45, 7) is 2.85. The van der Waals surface area contributed by atoms with Crippen molar-refractivity contribution in [3.8, 4) is 0 Å². The van der Waals surface area contributed by atoms with Crippen LogP contribution in [-0.2, 0) is 4.79 Å². The number of carbonyl (C=O) groups excluding carboxylic acids is 1. The number of benzene rings is 1. The average molecular weight is 365 g/mol. The van der Waals surface area contributed by atoms with Crippen LogP contribution >= 0.6 is 12.4 Å². The number of aromatic nitrogens is 2. The van der Waals surface area contributed by atoms with E-state index >= 15 is 0 Å². The van der Waals surface area contributed by atoms with E-state index < -0.39 is 0 Å². The molecule has 1 aliphatic carbocycles. The van der Waals surface area contributed by atoms with Crippen LogP contribution in [-0.4, -0.2) is 46.5 Å². The standard InChI is InChI=1S/C18H24N4O2.ClH/c23-17(12-19-11-13-5-6-13)21-9-7-14(8-10-21)22-16-4-2-1-3-15(16)20-18(22)24;/h1-4,13-14,19H,5-12H2,(H,20,24);1H. The highest BCUT2D eigenvalue weighted by molar-refractivity contribution is 5.85. The predicted molar refractivity (Wildman–Crippen MR) is 100 cm³/mol. The van der Waals surface area contributed by atoms with Gasteiger partial charge in [-0.2, -0.15) is 0 Å². The van der Waals surface area contributed by atoms with E-state index in [4.69, 9.17) is 0 Å². The maximum Gasteiger partial charge on any atom is 0.326 e. The Hall–Kier alpha value is -1.79. The molecule has 4 rings (SSSR count). The molecule has 2 aromatic rings. The fourth-order valence-electron chi connectivity index (χ4n) is 3.63. The van der Waals surface area contributed by atoms with Crippen LogP contribution in [0.2, 0.25) is 0 Å². The molecule has 2 aliphatic rings. The minimum absolute atomic E-state index is 0. The van der Waals surface area contributed by atoms with Gasteiger partial charge in [-0.1, -0.05) is 12.1 Å². The third-order valence-electron chi connectivity index (χ3n) is 5.21. The number of piperidine rings is 1. The number of nitrogens with one attached hydrogen (secondary N) is 2. The molecular formula is C18H25ClN4O2. The lowest BCUT2D eigenvalue weighted by Crippen LogP contribution is -2.44. The minimum Gasteiger partial charge on any atom is -0.341 e. The maximum atomic E-state index is 12.3. The zero-order valence-electron chi connectivity index (χ0n) is 14.2. The van der Waals surface area contributed by atoms with Gasteiger partial charge in [0.1, 0.15) is 0 Å². The fraction of sp³-hybridized carbons (Fsp3) is 0.556. The largest absolute Gasteiger partial charge is 0.341 e. The average Bonchev–Trinajstić information content (AvgIpc) is 3.35. The van der Waals surface area contributed by atoms with E-state index in [1.165, 1.54) is 12.8 Å². The molecule has 1 amide bonds. The summed E-state index contributed by atoms with van der Waals surface area (Å²) in [6, 6.07) is 7.95. The zero-order valence-corrected chi connectivity index (χ0v) is 15.1. The third kappa shape index (κ3) is 3.90. The summed E-state index contributed by atoms with van der Waals surface area (Å²) in [5.41, 5.74) is 1.79. The Kier molecular flexibility index (Phi) is 5.49. The van der Waals surface area contributed by atoms with E-state index in [1.807, 2.05) is 33.7 Å². The molecule has 136 valence electrons. The number of likely N-dealkylation sites (tertiary alicyclic amines) is 1. The van der Waals surface area contributed by atoms with Gasteiger partial charge in [0.25, 0.3) is 0 Å². The molecule has 0 spiro atoms. The molecule has 2 heterocycles. The number of H-pyrrole nitrogens is 1. The van der Waals surface area contributed by atoms with Crippen LogP contribution in [0.25, 0.3) is 11.0 Å². The molecule has 0 radical (unpaired) electrons. The molecular weight excluding hydrogens is 340 g/mol. The summed E-state index contributed by atoms with van der Waals surface area (Å²) in [5.74, 6) is 0.970. The van der Waals surface area contributed by atoms with E-state index in [2.05, 4.69) is 10.3 Å². The normalized spacial score (nSPS) is 18.3. The molecule has 2 fully saturated rings. The Morgan fingerprint density at radius 1 is 1.16 bits per heavy atom. The van der Waals surface area contributed by atoms with Gasteiger partial charge in [-0.15, -0.1) is 12.4 Å². The highest BCUT2D eigenvalue weighted by Crippen LogP contribution is 2.27. The van der Waals surface area contributed by atoms with Crippen molar-refractivity contribution in [3.05, 3.63) is 34.7 Å². The van der Waals surface area contributed by atoms with Crippen LogP contribution in [0.3, 0.4) is 0 Å². The van der Waals surface area contributed by atoms with E-state index in [0.29, 0.717) is 6.54 Å². The summed E-state index contributed by atoms with van der Waals surface area (Å²) in [5, 5.41) is 3.27. The minimum atomic E-state index is -0.0490. The number of hydrogen-bond acceptors (Lipinski definition) is 3. The molecule has 1 aromatic heterocycles. The fourth-order valence-corrected chi connectivity index (χ4v) is 3.63. The number of aromatic amines is 1. The molecule has 25 heavy (non-hydrogen) atoms. The van der Waals surface area contributed by atoms with Crippen molar-refractivity contribution < 1.29 is 4.79 Å². The van der Waals surface area contributed by atoms with Crippen molar-refractivity contribution in [2.45, 2.75) is 31.7 Å². The van der Waals surface area contributed by atoms with Crippen LogP contribution < -0.4 is 11.0 Å². The first-order valence-corrected chi connectivity index (χ1v) is 8.90. The Morgan fingerprint density at radius 3 is 2.60 bits per heavy atom. The van der Waals surface area contributed by atoms with Gasteiger partial charge in [-0.3, -0.25) is 9.36 Å². The van der Waals surface area contributed by atoms with Crippen molar-refractivity contribution in [3.63, 3.8) is 0 Å². The molecule has 0 unspecified atom stereocenters. The number of imidazole rings is 1. The quantitative estimate of drug-likeness (QED) is 0.851. The number of carbonyl (C=O) groups is 1. The monoisotopic (exact) mass is 364 g/mol. The van der Waals surface area contributed by atoms with Gasteiger partial charge < -0.3 is 15.2 Å². The van der Waals surface area contributed by atoms with Gasteiger partial charge in [0.05, 0.1) is 17.6 Å². The van der Waals surface area contributed by atoms with Crippen LogP contribution in [0.15, 0.2) is 29.1 Å². The first-order chi connectivity index (χ1) is 11.7. The Labute approximate surface area is 153 Å². The molecule has 1 aromatic carbocycles. The topological polar surface area (TPSA) is 70.1 Å². The first-order valence-electron chi connectivity index (χ1n) is 8.90.